The van der Waals surface area contributed by atoms with E-state index >= 15 is 0 Å². The zero-order chi connectivity index (χ0) is 12.9. The summed E-state index contributed by atoms with van der Waals surface area (Å²) in [4.78, 5) is 0.284. The summed E-state index contributed by atoms with van der Waals surface area (Å²) in [5, 5.41) is 0. The maximum atomic E-state index is 12.0. The van der Waals surface area contributed by atoms with E-state index in [0.717, 1.165) is 6.42 Å². The van der Waals surface area contributed by atoms with Crippen molar-refractivity contribution in [2.24, 2.45) is 11.7 Å². The predicted molar refractivity (Wildman–Crippen MR) is 69.0 cm³/mol. The number of nitrogens with two attached hydrogens (primary N) is 1. The summed E-state index contributed by atoms with van der Waals surface area (Å²) in [5.41, 5.74) is 6.18. The van der Waals surface area contributed by atoms with Gasteiger partial charge in [0, 0.05) is 13.1 Å². The number of hydrogen-bond donors (Lipinski definition) is 2. The highest BCUT2D eigenvalue weighted by Gasteiger charge is 2.16. The molecule has 0 aliphatic carbocycles. The topological polar surface area (TPSA) is 72.2 Å². The fourth-order valence-corrected chi connectivity index (χ4v) is 2.79. The Morgan fingerprint density at radius 3 is 2.53 bits per heavy atom. The van der Waals surface area contributed by atoms with E-state index in [0.29, 0.717) is 18.0 Å². The van der Waals surface area contributed by atoms with Gasteiger partial charge in [-0.1, -0.05) is 32.0 Å². The fraction of sp³-hybridized carbons (Fsp3) is 0.500. The maximum absolute atomic E-state index is 12.0. The summed E-state index contributed by atoms with van der Waals surface area (Å²) in [6.45, 7) is 4.80. The molecular weight excluding hydrogens is 236 g/mol. The van der Waals surface area contributed by atoms with Gasteiger partial charge in [-0.15, -0.1) is 0 Å². The molecule has 0 radical (unpaired) electrons. The number of rotatable bonds is 6. The van der Waals surface area contributed by atoms with Crippen LogP contribution in [0.5, 0.6) is 0 Å². The van der Waals surface area contributed by atoms with Crippen LogP contribution in [0, 0.1) is 5.92 Å². The lowest BCUT2D eigenvalue weighted by Crippen LogP contribution is -2.26. The van der Waals surface area contributed by atoms with E-state index in [1.54, 1.807) is 24.3 Å². The van der Waals surface area contributed by atoms with Crippen molar-refractivity contribution in [2.75, 3.05) is 6.54 Å². The van der Waals surface area contributed by atoms with Crippen molar-refractivity contribution in [2.45, 2.75) is 31.7 Å². The molecule has 0 saturated heterocycles. The van der Waals surface area contributed by atoms with Crippen LogP contribution in [0.1, 0.15) is 25.8 Å². The van der Waals surface area contributed by atoms with Crippen molar-refractivity contribution < 1.29 is 8.42 Å². The SMILES string of the molecule is CC(C)CCNS(=O)(=O)c1ccccc1CN. The van der Waals surface area contributed by atoms with Crippen LogP contribution in [-0.4, -0.2) is 15.0 Å². The third-order valence-electron chi connectivity index (χ3n) is 2.50. The Labute approximate surface area is 103 Å². The Morgan fingerprint density at radius 2 is 1.94 bits per heavy atom. The lowest BCUT2D eigenvalue weighted by atomic mass is 10.1. The second kappa shape index (κ2) is 6.14. The lowest BCUT2D eigenvalue weighted by molar-refractivity contribution is 0.551. The fourth-order valence-electron chi connectivity index (χ4n) is 1.49. The largest absolute Gasteiger partial charge is 0.326 e. The first-order valence-electron chi connectivity index (χ1n) is 5.75. The van der Waals surface area contributed by atoms with Crippen molar-refractivity contribution in [1.29, 1.82) is 0 Å². The molecule has 1 aromatic carbocycles. The number of nitrogens with one attached hydrogen (secondary N) is 1. The molecule has 5 heteroatoms. The summed E-state index contributed by atoms with van der Waals surface area (Å²) < 4.78 is 26.7. The van der Waals surface area contributed by atoms with Crippen LogP contribution in [-0.2, 0) is 16.6 Å². The second-order valence-electron chi connectivity index (χ2n) is 4.39. The summed E-state index contributed by atoms with van der Waals surface area (Å²) >= 11 is 0. The average Bonchev–Trinajstić information content (AvgIpc) is 2.28. The van der Waals surface area contributed by atoms with E-state index < -0.39 is 10.0 Å². The molecule has 17 heavy (non-hydrogen) atoms. The minimum atomic E-state index is -3.43. The number of sulfonamides is 1. The molecular formula is C12H20N2O2S. The van der Waals surface area contributed by atoms with Crippen molar-refractivity contribution in [3.05, 3.63) is 29.8 Å². The van der Waals surface area contributed by atoms with Gasteiger partial charge in [-0.25, -0.2) is 13.1 Å². The van der Waals surface area contributed by atoms with E-state index in [9.17, 15) is 8.42 Å². The van der Waals surface area contributed by atoms with Crippen LogP contribution >= 0.6 is 0 Å². The highest BCUT2D eigenvalue weighted by molar-refractivity contribution is 7.89. The molecule has 0 fully saturated rings. The average molecular weight is 256 g/mol. The van der Waals surface area contributed by atoms with Gasteiger partial charge in [0.2, 0.25) is 10.0 Å². The third-order valence-corrected chi connectivity index (χ3v) is 4.06. The minimum Gasteiger partial charge on any atom is -0.326 e. The molecule has 1 rings (SSSR count). The molecule has 0 aliphatic rings. The molecule has 3 N–H and O–H groups in total. The van der Waals surface area contributed by atoms with Gasteiger partial charge in [0.1, 0.15) is 0 Å². The molecule has 1 aromatic rings. The molecule has 0 amide bonds. The summed E-state index contributed by atoms with van der Waals surface area (Å²) in [6.07, 6.45) is 0.823. The van der Waals surface area contributed by atoms with Gasteiger partial charge < -0.3 is 5.73 Å². The summed E-state index contributed by atoms with van der Waals surface area (Å²) in [5.74, 6) is 0.474. The Kier molecular flexibility index (Phi) is 5.11. The first-order valence-corrected chi connectivity index (χ1v) is 7.23. The maximum Gasteiger partial charge on any atom is 0.240 e. The first kappa shape index (κ1) is 14.2. The summed E-state index contributed by atoms with van der Waals surface area (Å²) in [7, 11) is -3.43. The van der Waals surface area contributed by atoms with E-state index in [1.807, 2.05) is 0 Å². The molecule has 0 bridgehead atoms. The molecule has 0 aliphatic heterocycles. The molecule has 0 aromatic heterocycles. The van der Waals surface area contributed by atoms with Gasteiger partial charge in [0.25, 0.3) is 0 Å². The predicted octanol–water partition coefficient (Wildman–Crippen LogP) is 1.47. The Morgan fingerprint density at radius 1 is 1.29 bits per heavy atom. The van der Waals surface area contributed by atoms with Gasteiger partial charge in [-0.05, 0) is 24.0 Å². The van der Waals surface area contributed by atoms with Crippen LogP contribution in [0.4, 0.5) is 0 Å². The number of hydrogen-bond acceptors (Lipinski definition) is 3. The zero-order valence-electron chi connectivity index (χ0n) is 10.3. The van der Waals surface area contributed by atoms with Gasteiger partial charge in [-0.3, -0.25) is 0 Å². The van der Waals surface area contributed by atoms with Gasteiger partial charge in [0.05, 0.1) is 4.90 Å². The van der Waals surface area contributed by atoms with E-state index in [-0.39, 0.29) is 11.4 Å². The molecule has 0 heterocycles. The molecule has 4 nitrogen and oxygen atoms in total. The molecule has 0 saturated carbocycles. The Hall–Kier alpha value is -0.910. The van der Waals surface area contributed by atoms with Gasteiger partial charge >= 0.3 is 0 Å². The van der Waals surface area contributed by atoms with Crippen LogP contribution < -0.4 is 10.5 Å². The van der Waals surface area contributed by atoms with Crippen molar-refractivity contribution >= 4 is 10.0 Å². The normalized spacial score (nSPS) is 12.0. The van der Waals surface area contributed by atoms with Crippen molar-refractivity contribution in [3.63, 3.8) is 0 Å². The van der Waals surface area contributed by atoms with Crippen LogP contribution in [0.2, 0.25) is 0 Å². The van der Waals surface area contributed by atoms with Crippen LogP contribution in [0.3, 0.4) is 0 Å². The summed E-state index contributed by atoms with van der Waals surface area (Å²) in [6, 6.07) is 6.81. The van der Waals surface area contributed by atoms with E-state index in [1.165, 1.54) is 0 Å². The quantitative estimate of drug-likeness (QED) is 0.809. The minimum absolute atomic E-state index is 0.223. The highest BCUT2D eigenvalue weighted by Crippen LogP contribution is 2.14. The Bertz CT molecular complexity index is 455. The van der Waals surface area contributed by atoms with Crippen molar-refractivity contribution in [3.8, 4) is 0 Å². The monoisotopic (exact) mass is 256 g/mol. The highest BCUT2D eigenvalue weighted by atomic mass is 32.2. The molecule has 96 valence electrons. The smallest absolute Gasteiger partial charge is 0.240 e. The lowest BCUT2D eigenvalue weighted by Gasteiger charge is -2.11. The van der Waals surface area contributed by atoms with Gasteiger partial charge in [0.15, 0.2) is 0 Å². The third kappa shape index (κ3) is 4.11. The van der Waals surface area contributed by atoms with Gasteiger partial charge in [-0.2, -0.15) is 0 Å². The standard InChI is InChI=1S/C12H20N2O2S/c1-10(2)7-8-14-17(15,16)12-6-4-3-5-11(12)9-13/h3-6,10,14H,7-9,13H2,1-2H3. The molecule has 0 unspecified atom stereocenters. The van der Waals surface area contributed by atoms with Crippen LogP contribution in [0.15, 0.2) is 29.2 Å². The van der Waals surface area contributed by atoms with Crippen LogP contribution in [0.25, 0.3) is 0 Å². The van der Waals surface area contributed by atoms with E-state index in [2.05, 4.69) is 18.6 Å². The first-order chi connectivity index (χ1) is 7.97. The number of benzene rings is 1. The second-order valence-corrected chi connectivity index (χ2v) is 6.13. The van der Waals surface area contributed by atoms with E-state index in [4.69, 9.17) is 5.73 Å². The van der Waals surface area contributed by atoms with Crippen molar-refractivity contribution in [1.82, 2.24) is 4.72 Å². The zero-order valence-corrected chi connectivity index (χ0v) is 11.1. The Balaban J connectivity index is 2.82. The molecule has 0 spiro atoms. The molecule has 0 atom stereocenters.